The number of halogens is 2. The maximum atomic E-state index is 11.9. The quantitative estimate of drug-likeness (QED) is 0.829. The largest absolute Gasteiger partial charge is 0.317 e. The van der Waals surface area contributed by atoms with Gasteiger partial charge in [-0.1, -0.05) is 23.2 Å². The van der Waals surface area contributed by atoms with Crippen molar-refractivity contribution in [2.24, 2.45) is 0 Å². The lowest BCUT2D eigenvalue weighted by Crippen LogP contribution is -2.34. The zero-order valence-corrected chi connectivity index (χ0v) is 12.4. The molecular weight excluding hydrogens is 317 g/mol. The van der Waals surface area contributed by atoms with E-state index in [0.29, 0.717) is 21.4 Å². The van der Waals surface area contributed by atoms with Crippen molar-refractivity contribution in [3.05, 3.63) is 58.2 Å². The van der Waals surface area contributed by atoms with Crippen molar-refractivity contribution in [1.29, 1.82) is 0 Å². The molecule has 20 heavy (non-hydrogen) atoms. The Morgan fingerprint density at radius 1 is 1.05 bits per heavy atom. The molecular formula is C13H9Cl2N3OS. The van der Waals surface area contributed by atoms with Crippen LogP contribution in [0.2, 0.25) is 10.0 Å². The van der Waals surface area contributed by atoms with Crippen molar-refractivity contribution in [2.75, 3.05) is 5.32 Å². The van der Waals surface area contributed by atoms with Gasteiger partial charge in [-0.05, 0) is 48.6 Å². The molecule has 0 atom stereocenters. The van der Waals surface area contributed by atoms with Crippen LogP contribution in [0.3, 0.4) is 0 Å². The summed E-state index contributed by atoms with van der Waals surface area (Å²) in [4.78, 5) is 15.9. The number of thiocarbonyl (C=S) groups is 1. The summed E-state index contributed by atoms with van der Waals surface area (Å²) in [5, 5.41) is 6.56. The number of hydrogen-bond donors (Lipinski definition) is 2. The Bertz CT molecular complexity index is 629. The first-order valence-electron chi connectivity index (χ1n) is 5.54. The van der Waals surface area contributed by atoms with E-state index in [1.807, 2.05) is 0 Å². The summed E-state index contributed by atoms with van der Waals surface area (Å²) >= 11 is 16.5. The SMILES string of the molecule is O=C(NC(=S)Nc1ccc(Cl)cn1)c1ccc(Cl)cc1. The van der Waals surface area contributed by atoms with Crippen LogP contribution in [-0.2, 0) is 0 Å². The highest BCUT2D eigenvalue weighted by Gasteiger charge is 2.08. The number of pyridine rings is 1. The van der Waals surface area contributed by atoms with Crippen LogP contribution < -0.4 is 10.6 Å². The number of rotatable bonds is 2. The molecule has 1 heterocycles. The van der Waals surface area contributed by atoms with Crippen LogP contribution in [0.5, 0.6) is 0 Å². The maximum absolute atomic E-state index is 11.9. The number of benzene rings is 1. The minimum absolute atomic E-state index is 0.153. The molecule has 0 saturated heterocycles. The second kappa shape index (κ2) is 6.65. The Hall–Kier alpha value is -1.69. The summed E-state index contributed by atoms with van der Waals surface area (Å²) < 4.78 is 0. The predicted octanol–water partition coefficient (Wildman–Crippen LogP) is 3.52. The van der Waals surface area contributed by atoms with Crippen molar-refractivity contribution in [2.45, 2.75) is 0 Å². The van der Waals surface area contributed by atoms with Crippen molar-refractivity contribution in [3.8, 4) is 0 Å². The van der Waals surface area contributed by atoms with Crippen molar-refractivity contribution in [1.82, 2.24) is 10.3 Å². The van der Waals surface area contributed by atoms with Crippen molar-refractivity contribution in [3.63, 3.8) is 0 Å². The number of carbonyl (C=O) groups is 1. The van der Waals surface area contributed by atoms with Gasteiger partial charge in [-0.15, -0.1) is 0 Å². The van der Waals surface area contributed by atoms with Gasteiger partial charge in [0.25, 0.3) is 5.91 Å². The lowest BCUT2D eigenvalue weighted by molar-refractivity contribution is 0.0978. The second-order valence-electron chi connectivity index (χ2n) is 3.78. The van der Waals surface area contributed by atoms with E-state index in [1.165, 1.54) is 6.20 Å². The molecule has 0 spiro atoms. The van der Waals surface area contributed by atoms with Crippen molar-refractivity contribution < 1.29 is 4.79 Å². The molecule has 1 amide bonds. The molecule has 0 aliphatic heterocycles. The molecule has 0 aliphatic rings. The third-order valence-electron chi connectivity index (χ3n) is 2.30. The van der Waals surface area contributed by atoms with Gasteiger partial charge in [-0.25, -0.2) is 4.98 Å². The van der Waals surface area contributed by atoms with E-state index in [4.69, 9.17) is 35.4 Å². The fraction of sp³-hybridized carbons (Fsp3) is 0. The van der Waals surface area contributed by atoms with Gasteiger partial charge in [0.1, 0.15) is 5.82 Å². The predicted molar refractivity (Wildman–Crippen MR) is 84.4 cm³/mol. The summed E-state index contributed by atoms with van der Waals surface area (Å²) in [7, 11) is 0. The minimum Gasteiger partial charge on any atom is -0.317 e. The number of amides is 1. The monoisotopic (exact) mass is 325 g/mol. The molecule has 0 radical (unpaired) electrons. The van der Waals surface area contributed by atoms with Gasteiger partial charge in [0.2, 0.25) is 0 Å². The smallest absolute Gasteiger partial charge is 0.257 e. The number of nitrogens with zero attached hydrogens (tertiary/aromatic N) is 1. The fourth-order valence-corrected chi connectivity index (χ4v) is 1.81. The summed E-state index contributed by atoms with van der Waals surface area (Å²) in [6, 6.07) is 9.81. The summed E-state index contributed by atoms with van der Waals surface area (Å²) in [5.41, 5.74) is 0.461. The summed E-state index contributed by atoms with van der Waals surface area (Å²) in [6.45, 7) is 0. The number of hydrogen-bond acceptors (Lipinski definition) is 3. The van der Waals surface area contributed by atoms with E-state index in [9.17, 15) is 4.79 Å². The molecule has 0 unspecified atom stereocenters. The topological polar surface area (TPSA) is 54.0 Å². The lowest BCUT2D eigenvalue weighted by Gasteiger charge is -2.08. The second-order valence-corrected chi connectivity index (χ2v) is 5.06. The third-order valence-corrected chi connectivity index (χ3v) is 2.98. The minimum atomic E-state index is -0.326. The third kappa shape index (κ3) is 4.16. The van der Waals surface area contributed by atoms with Crippen molar-refractivity contribution >= 4 is 52.3 Å². The molecule has 0 aliphatic carbocycles. The van der Waals surface area contributed by atoms with E-state index >= 15 is 0 Å². The normalized spacial score (nSPS) is 9.90. The first kappa shape index (κ1) is 14.7. The Morgan fingerprint density at radius 3 is 2.30 bits per heavy atom. The first-order valence-corrected chi connectivity index (χ1v) is 6.70. The van der Waals surface area contributed by atoms with Crippen LogP contribution in [-0.4, -0.2) is 16.0 Å². The Kier molecular flexibility index (Phi) is 4.89. The molecule has 2 N–H and O–H groups in total. The van der Waals surface area contributed by atoms with E-state index in [0.717, 1.165) is 0 Å². The Balaban J connectivity index is 1.95. The number of anilines is 1. The average Bonchev–Trinajstić information content (AvgIpc) is 2.42. The zero-order chi connectivity index (χ0) is 14.5. The number of nitrogens with one attached hydrogen (secondary N) is 2. The van der Waals surface area contributed by atoms with Crippen LogP contribution in [0.1, 0.15) is 10.4 Å². The van der Waals surface area contributed by atoms with Gasteiger partial charge < -0.3 is 5.32 Å². The van der Waals surface area contributed by atoms with Gasteiger partial charge in [0.15, 0.2) is 5.11 Å². The molecule has 0 saturated carbocycles. The number of aromatic nitrogens is 1. The van der Waals surface area contributed by atoms with Gasteiger partial charge in [-0.2, -0.15) is 0 Å². The fourth-order valence-electron chi connectivity index (χ4n) is 1.37. The van der Waals surface area contributed by atoms with E-state index < -0.39 is 0 Å². The Labute approximate surface area is 131 Å². The molecule has 102 valence electrons. The molecule has 0 bridgehead atoms. The van der Waals surface area contributed by atoms with Crippen LogP contribution in [0, 0.1) is 0 Å². The van der Waals surface area contributed by atoms with Crippen LogP contribution in [0.4, 0.5) is 5.82 Å². The van der Waals surface area contributed by atoms with Gasteiger partial charge in [-0.3, -0.25) is 10.1 Å². The highest BCUT2D eigenvalue weighted by atomic mass is 35.5. The van der Waals surface area contributed by atoms with Crippen LogP contribution >= 0.6 is 35.4 Å². The van der Waals surface area contributed by atoms with Crippen LogP contribution in [0.15, 0.2) is 42.6 Å². The molecule has 1 aromatic heterocycles. The van der Waals surface area contributed by atoms with E-state index in [-0.39, 0.29) is 11.0 Å². The highest BCUT2D eigenvalue weighted by molar-refractivity contribution is 7.80. The molecule has 2 rings (SSSR count). The molecule has 0 fully saturated rings. The van der Waals surface area contributed by atoms with Crippen LogP contribution in [0.25, 0.3) is 0 Å². The summed E-state index contributed by atoms with van der Waals surface area (Å²) in [6.07, 6.45) is 1.48. The summed E-state index contributed by atoms with van der Waals surface area (Å²) in [5.74, 6) is 0.170. The molecule has 2 aromatic rings. The average molecular weight is 326 g/mol. The highest BCUT2D eigenvalue weighted by Crippen LogP contribution is 2.10. The van der Waals surface area contributed by atoms with Gasteiger partial charge in [0.05, 0.1) is 5.02 Å². The van der Waals surface area contributed by atoms with Gasteiger partial charge >= 0.3 is 0 Å². The molecule has 1 aromatic carbocycles. The standard InChI is InChI=1S/C13H9Cl2N3OS/c14-9-3-1-8(2-4-9)12(19)18-13(20)17-11-6-5-10(15)7-16-11/h1-7H,(H2,16,17,18,19,20). The molecule has 4 nitrogen and oxygen atoms in total. The van der Waals surface area contributed by atoms with E-state index in [1.54, 1.807) is 36.4 Å². The Morgan fingerprint density at radius 2 is 1.70 bits per heavy atom. The maximum Gasteiger partial charge on any atom is 0.257 e. The van der Waals surface area contributed by atoms with E-state index in [2.05, 4.69) is 15.6 Å². The number of carbonyl (C=O) groups excluding carboxylic acids is 1. The first-order chi connectivity index (χ1) is 9.54. The molecule has 7 heteroatoms. The zero-order valence-electron chi connectivity index (χ0n) is 10.1. The lowest BCUT2D eigenvalue weighted by atomic mass is 10.2. The van der Waals surface area contributed by atoms with Gasteiger partial charge in [0, 0.05) is 16.8 Å².